The molecular weight excluding hydrogens is 280 g/mol. The van der Waals surface area contributed by atoms with Crippen molar-refractivity contribution in [2.75, 3.05) is 23.9 Å². The highest BCUT2D eigenvalue weighted by molar-refractivity contribution is 7.98. The van der Waals surface area contributed by atoms with Crippen molar-refractivity contribution in [3.05, 3.63) is 24.4 Å². The quantitative estimate of drug-likeness (QED) is 0.851. The number of rotatable bonds is 6. The fourth-order valence-corrected chi connectivity index (χ4v) is 2.96. The molecule has 0 aliphatic heterocycles. The minimum Gasteiger partial charge on any atom is -0.387 e. The Balaban J connectivity index is 1.99. The van der Waals surface area contributed by atoms with Gasteiger partial charge in [-0.15, -0.1) is 10.2 Å². The number of thioether (sulfide) groups is 1. The fraction of sp³-hybridized carbons (Fsp3) is 0.417. The molecule has 0 radical (unpaired) electrons. The van der Waals surface area contributed by atoms with E-state index in [1.54, 1.807) is 24.9 Å². The molecule has 5 nitrogen and oxygen atoms in total. The second-order valence-electron chi connectivity index (χ2n) is 4.41. The first-order chi connectivity index (χ1) is 9.11. The minimum atomic E-state index is -0.754. The van der Waals surface area contributed by atoms with Crippen LogP contribution >= 0.6 is 23.1 Å². The van der Waals surface area contributed by atoms with Gasteiger partial charge in [-0.1, -0.05) is 17.4 Å². The number of anilines is 1. The van der Waals surface area contributed by atoms with Crippen molar-refractivity contribution in [3.8, 4) is 10.7 Å². The lowest BCUT2D eigenvalue weighted by Gasteiger charge is -2.21. The zero-order valence-corrected chi connectivity index (χ0v) is 12.5. The van der Waals surface area contributed by atoms with Crippen molar-refractivity contribution >= 4 is 28.2 Å². The molecule has 19 heavy (non-hydrogen) atoms. The Kier molecular flexibility index (Phi) is 4.73. The molecule has 2 heterocycles. The van der Waals surface area contributed by atoms with Gasteiger partial charge in [0.15, 0.2) is 5.01 Å². The molecule has 0 fully saturated rings. The summed E-state index contributed by atoms with van der Waals surface area (Å²) in [7, 11) is 0. The summed E-state index contributed by atoms with van der Waals surface area (Å²) in [6.45, 7) is 2.25. The van der Waals surface area contributed by atoms with Gasteiger partial charge in [-0.2, -0.15) is 11.8 Å². The van der Waals surface area contributed by atoms with E-state index >= 15 is 0 Å². The molecule has 0 spiro atoms. The van der Waals surface area contributed by atoms with Crippen molar-refractivity contribution in [2.24, 2.45) is 0 Å². The summed E-state index contributed by atoms with van der Waals surface area (Å²) in [5.41, 5.74) is 0.0555. The second-order valence-corrected chi connectivity index (χ2v) is 6.25. The van der Waals surface area contributed by atoms with Crippen LogP contribution in [0.1, 0.15) is 6.92 Å². The highest BCUT2D eigenvalue weighted by atomic mass is 32.2. The molecule has 0 amide bonds. The maximum atomic E-state index is 10.1. The van der Waals surface area contributed by atoms with Crippen LogP contribution in [-0.2, 0) is 0 Å². The molecule has 7 heteroatoms. The number of nitrogens with one attached hydrogen (secondary N) is 1. The first kappa shape index (κ1) is 14.2. The molecule has 0 aliphatic carbocycles. The van der Waals surface area contributed by atoms with E-state index in [9.17, 15) is 5.11 Å². The average Bonchev–Trinajstić information content (AvgIpc) is 2.86. The summed E-state index contributed by atoms with van der Waals surface area (Å²) in [6.07, 6.45) is 3.70. The van der Waals surface area contributed by atoms with Crippen molar-refractivity contribution < 1.29 is 5.11 Å². The van der Waals surface area contributed by atoms with E-state index in [-0.39, 0.29) is 0 Å². The first-order valence-corrected chi connectivity index (χ1v) is 8.02. The van der Waals surface area contributed by atoms with Gasteiger partial charge in [0, 0.05) is 18.5 Å². The van der Waals surface area contributed by atoms with Crippen molar-refractivity contribution in [1.29, 1.82) is 0 Å². The summed E-state index contributed by atoms with van der Waals surface area (Å²) >= 11 is 3.04. The third-order valence-electron chi connectivity index (χ3n) is 2.38. The Labute approximate surface area is 120 Å². The number of hydrogen-bond donors (Lipinski definition) is 2. The Hall–Kier alpha value is -1.18. The standard InChI is InChI=1S/C12H16N4OS2/c1-12(17,8-18-2)7-14-11-16-15-10(19-11)9-5-3-4-6-13-9/h3-6,17H,7-8H2,1-2H3,(H,14,16). The molecule has 0 aromatic carbocycles. The summed E-state index contributed by atoms with van der Waals surface area (Å²) in [4.78, 5) is 4.23. The molecule has 0 saturated carbocycles. The fourth-order valence-electron chi connectivity index (χ4n) is 1.52. The van der Waals surface area contributed by atoms with Crippen LogP contribution in [0.3, 0.4) is 0 Å². The van der Waals surface area contributed by atoms with Crippen LogP contribution in [0, 0.1) is 0 Å². The molecule has 1 atom stereocenters. The van der Waals surface area contributed by atoms with Gasteiger partial charge in [0.1, 0.15) is 5.69 Å². The summed E-state index contributed by atoms with van der Waals surface area (Å²) in [6, 6.07) is 5.68. The van der Waals surface area contributed by atoms with Crippen molar-refractivity contribution in [2.45, 2.75) is 12.5 Å². The van der Waals surface area contributed by atoms with Gasteiger partial charge >= 0.3 is 0 Å². The maximum absolute atomic E-state index is 10.1. The van der Waals surface area contributed by atoms with Gasteiger partial charge in [-0.3, -0.25) is 4.98 Å². The lowest BCUT2D eigenvalue weighted by molar-refractivity contribution is 0.0997. The van der Waals surface area contributed by atoms with E-state index < -0.39 is 5.60 Å². The molecule has 2 aromatic rings. The Bertz CT molecular complexity index is 515. The first-order valence-electron chi connectivity index (χ1n) is 5.81. The number of pyridine rings is 1. The monoisotopic (exact) mass is 296 g/mol. The third-order valence-corrected chi connectivity index (χ3v) is 4.20. The molecular formula is C12H16N4OS2. The summed E-state index contributed by atoms with van der Waals surface area (Å²) in [5, 5.41) is 22.8. The molecule has 0 bridgehead atoms. The lowest BCUT2D eigenvalue weighted by atomic mass is 10.1. The molecule has 0 aliphatic rings. The largest absolute Gasteiger partial charge is 0.387 e. The van der Waals surface area contributed by atoms with Crippen LogP contribution in [0.15, 0.2) is 24.4 Å². The molecule has 2 aromatic heterocycles. The van der Waals surface area contributed by atoms with Crippen LogP contribution in [0.25, 0.3) is 10.7 Å². The number of hydrogen-bond acceptors (Lipinski definition) is 7. The third kappa shape index (κ3) is 4.15. The van der Waals surface area contributed by atoms with Gasteiger partial charge < -0.3 is 10.4 Å². The molecule has 1 unspecified atom stereocenters. The highest BCUT2D eigenvalue weighted by Gasteiger charge is 2.20. The molecule has 0 saturated heterocycles. The SMILES string of the molecule is CSCC(C)(O)CNc1nnc(-c2ccccn2)s1. The Morgan fingerprint density at radius 1 is 1.42 bits per heavy atom. The second kappa shape index (κ2) is 6.31. The van der Waals surface area contributed by atoms with Crippen LogP contribution in [0.5, 0.6) is 0 Å². The van der Waals surface area contributed by atoms with E-state index in [2.05, 4.69) is 20.5 Å². The van der Waals surface area contributed by atoms with Crippen molar-refractivity contribution in [1.82, 2.24) is 15.2 Å². The Morgan fingerprint density at radius 3 is 2.95 bits per heavy atom. The van der Waals surface area contributed by atoms with Gasteiger partial charge in [-0.25, -0.2) is 0 Å². The van der Waals surface area contributed by atoms with Gasteiger partial charge in [0.2, 0.25) is 5.13 Å². The molecule has 2 N–H and O–H groups in total. The topological polar surface area (TPSA) is 70.9 Å². The van der Waals surface area contributed by atoms with Crippen LogP contribution in [0.2, 0.25) is 0 Å². The number of aliphatic hydroxyl groups is 1. The van der Waals surface area contributed by atoms with Gasteiger partial charge in [-0.05, 0) is 25.3 Å². The predicted molar refractivity (Wildman–Crippen MR) is 80.6 cm³/mol. The van der Waals surface area contributed by atoms with E-state index in [4.69, 9.17) is 0 Å². The highest BCUT2D eigenvalue weighted by Crippen LogP contribution is 2.24. The predicted octanol–water partition coefficient (Wildman–Crippen LogP) is 2.13. The van der Waals surface area contributed by atoms with Gasteiger partial charge in [0.05, 0.1) is 5.60 Å². The van der Waals surface area contributed by atoms with Crippen molar-refractivity contribution in [3.63, 3.8) is 0 Å². The maximum Gasteiger partial charge on any atom is 0.206 e. The Morgan fingerprint density at radius 2 is 2.26 bits per heavy atom. The molecule has 102 valence electrons. The summed E-state index contributed by atoms with van der Waals surface area (Å²) < 4.78 is 0. The minimum absolute atomic E-state index is 0.449. The molecule has 2 rings (SSSR count). The van der Waals surface area contributed by atoms with Crippen LogP contribution in [-0.4, -0.2) is 44.4 Å². The normalized spacial score (nSPS) is 14.1. The average molecular weight is 296 g/mol. The smallest absolute Gasteiger partial charge is 0.206 e. The zero-order chi connectivity index (χ0) is 13.7. The van der Waals surface area contributed by atoms with E-state index in [1.807, 2.05) is 24.5 Å². The van der Waals surface area contributed by atoms with Gasteiger partial charge in [0.25, 0.3) is 0 Å². The van der Waals surface area contributed by atoms with Crippen LogP contribution in [0.4, 0.5) is 5.13 Å². The van der Waals surface area contributed by atoms with E-state index in [0.29, 0.717) is 17.4 Å². The number of nitrogens with zero attached hydrogens (tertiary/aromatic N) is 3. The summed E-state index contributed by atoms with van der Waals surface area (Å²) in [5.74, 6) is 0.673. The van der Waals surface area contributed by atoms with E-state index in [0.717, 1.165) is 10.7 Å². The lowest BCUT2D eigenvalue weighted by Crippen LogP contribution is -2.36. The van der Waals surface area contributed by atoms with E-state index in [1.165, 1.54) is 11.3 Å². The number of aromatic nitrogens is 3. The van der Waals surface area contributed by atoms with Crippen LogP contribution < -0.4 is 5.32 Å². The zero-order valence-electron chi connectivity index (χ0n) is 10.8.